The van der Waals surface area contributed by atoms with Crippen molar-refractivity contribution in [3.05, 3.63) is 24.3 Å². The number of urea groups is 1. The molecule has 0 saturated carbocycles. The van der Waals surface area contributed by atoms with Crippen LogP contribution in [0.2, 0.25) is 0 Å². The van der Waals surface area contributed by atoms with Crippen molar-refractivity contribution in [1.82, 2.24) is 20.2 Å². The lowest BCUT2D eigenvalue weighted by Gasteiger charge is -2.15. The van der Waals surface area contributed by atoms with Gasteiger partial charge in [0.1, 0.15) is 0 Å². The minimum Gasteiger partial charge on any atom is -0.376 e. The van der Waals surface area contributed by atoms with Gasteiger partial charge in [-0.05, 0) is 37.8 Å². The molecule has 1 fully saturated rings. The second kappa shape index (κ2) is 9.26. The lowest BCUT2D eigenvalue weighted by molar-refractivity contribution is -0.121. The summed E-state index contributed by atoms with van der Waals surface area (Å²) in [5, 5.41) is 5.92. The van der Waals surface area contributed by atoms with E-state index in [0.717, 1.165) is 56.3 Å². The summed E-state index contributed by atoms with van der Waals surface area (Å²) in [4.78, 5) is 30.7. The lowest BCUT2D eigenvalue weighted by Crippen LogP contribution is -2.39. The van der Waals surface area contributed by atoms with E-state index in [2.05, 4.69) is 20.2 Å². The van der Waals surface area contributed by atoms with E-state index in [1.165, 1.54) is 0 Å². The molecule has 1 saturated heterocycles. The van der Waals surface area contributed by atoms with Gasteiger partial charge in [0.2, 0.25) is 11.9 Å². The maximum Gasteiger partial charge on any atom is 0.324 e. The molecular formula is C21H29N5O3. The monoisotopic (exact) mass is 399 g/mol. The Kier molecular flexibility index (Phi) is 6.29. The van der Waals surface area contributed by atoms with Crippen LogP contribution >= 0.6 is 0 Å². The van der Waals surface area contributed by atoms with E-state index in [1.54, 1.807) is 4.90 Å². The first-order valence-electron chi connectivity index (χ1n) is 10.6. The van der Waals surface area contributed by atoms with Crippen LogP contribution in [0.4, 0.5) is 10.7 Å². The highest BCUT2D eigenvalue weighted by Gasteiger charge is 2.27. The number of nitrogens with one attached hydrogen (secondary N) is 2. The van der Waals surface area contributed by atoms with E-state index in [1.807, 2.05) is 24.3 Å². The van der Waals surface area contributed by atoms with Crippen LogP contribution in [0.1, 0.15) is 38.5 Å². The minimum atomic E-state index is -0.103. The van der Waals surface area contributed by atoms with Gasteiger partial charge in [-0.3, -0.25) is 9.69 Å². The Labute approximate surface area is 170 Å². The fraction of sp³-hybridized carbons (Fsp3) is 0.571. The van der Waals surface area contributed by atoms with Gasteiger partial charge in [0.05, 0.1) is 17.1 Å². The number of unbranched alkanes of at least 4 members (excludes halogenated alkanes) is 2. The lowest BCUT2D eigenvalue weighted by atomic mass is 10.2. The number of rotatable bonds is 8. The smallest absolute Gasteiger partial charge is 0.324 e. The molecule has 3 amide bonds. The number of carbonyl (C=O) groups excluding carboxylic acids is 2. The molecule has 2 aliphatic rings. The second-order valence-electron chi connectivity index (χ2n) is 7.69. The SMILES string of the molecule is O=C(CCCCCNC(=O)N1CCn2c1nc1ccccc12)NCC1CCCO1. The maximum absolute atomic E-state index is 12.5. The number of imidazole rings is 1. The van der Waals surface area contributed by atoms with Crippen molar-refractivity contribution in [2.24, 2.45) is 0 Å². The zero-order valence-corrected chi connectivity index (χ0v) is 16.7. The summed E-state index contributed by atoms with van der Waals surface area (Å²) < 4.78 is 7.59. The van der Waals surface area contributed by atoms with Gasteiger partial charge < -0.3 is 19.9 Å². The first kappa shape index (κ1) is 19.7. The van der Waals surface area contributed by atoms with Gasteiger partial charge in [-0.2, -0.15) is 0 Å². The highest BCUT2D eigenvalue weighted by Crippen LogP contribution is 2.26. The molecule has 3 heterocycles. The molecule has 0 radical (unpaired) electrons. The molecule has 0 aliphatic carbocycles. The van der Waals surface area contributed by atoms with Crippen molar-refractivity contribution in [3.8, 4) is 0 Å². The molecule has 2 N–H and O–H groups in total. The van der Waals surface area contributed by atoms with E-state index in [9.17, 15) is 9.59 Å². The Hall–Kier alpha value is -2.61. The average Bonchev–Trinajstić information content (AvgIpc) is 3.45. The molecule has 1 aromatic heterocycles. The predicted molar refractivity (Wildman–Crippen MR) is 111 cm³/mol. The van der Waals surface area contributed by atoms with Crippen molar-refractivity contribution in [2.45, 2.75) is 51.2 Å². The summed E-state index contributed by atoms with van der Waals surface area (Å²) in [6.45, 7) is 3.44. The summed E-state index contributed by atoms with van der Waals surface area (Å²) in [6.07, 6.45) is 5.42. The van der Waals surface area contributed by atoms with Gasteiger partial charge >= 0.3 is 6.03 Å². The molecule has 1 atom stereocenters. The number of para-hydroxylation sites is 2. The Morgan fingerprint density at radius 2 is 2.03 bits per heavy atom. The van der Waals surface area contributed by atoms with E-state index < -0.39 is 0 Å². The van der Waals surface area contributed by atoms with E-state index in [4.69, 9.17) is 4.74 Å². The highest BCUT2D eigenvalue weighted by molar-refractivity contribution is 5.93. The summed E-state index contributed by atoms with van der Waals surface area (Å²) in [5.74, 6) is 0.798. The quantitative estimate of drug-likeness (QED) is 0.667. The Morgan fingerprint density at radius 1 is 1.14 bits per heavy atom. The molecule has 2 aromatic rings. The molecule has 156 valence electrons. The van der Waals surface area contributed by atoms with Crippen molar-refractivity contribution < 1.29 is 14.3 Å². The molecule has 8 nitrogen and oxygen atoms in total. The third-order valence-electron chi connectivity index (χ3n) is 5.58. The van der Waals surface area contributed by atoms with Gasteiger partial charge in [0.15, 0.2) is 0 Å². The van der Waals surface area contributed by atoms with E-state index >= 15 is 0 Å². The van der Waals surface area contributed by atoms with Crippen LogP contribution in [0.3, 0.4) is 0 Å². The fourth-order valence-corrected chi connectivity index (χ4v) is 3.98. The number of benzene rings is 1. The van der Waals surface area contributed by atoms with Gasteiger partial charge in [0.25, 0.3) is 0 Å². The molecule has 1 aromatic carbocycles. The van der Waals surface area contributed by atoms with Crippen LogP contribution in [0.5, 0.6) is 0 Å². The molecular weight excluding hydrogens is 370 g/mol. The number of hydrogen-bond acceptors (Lipinski definition) is 4. The Morgan fingerprint density at radius 3 is 2.90 bits per heavy atom. The van der Waals surface area contributed by atoms with Crippen LogP contribution in [-0.4, -0.2) is 53.8 Å². The topological polar surface area (TPSA) is 88.5 Å². The number of anilines is 1. The number of carbonyl (C=O) groups is 2. The average molecular weight is 399 g/mol. The number of hydrogen-bond donors (Lipinski definition) is 2. The zero-order chi connectivity index (χ0) is 20.1. The van der Waals surface area contributed by atoms with E-state index in [0.29, 0.717) is 32.0 Å². The largest absolute Gasteiger partial charge is 0.376 e. The van der Waals surface area contributed by atoms with E-state index in [-0.39, 0.29) is 18.0 Å². The molecule has 0 bridgehead atoms. The third kappa shape index (κ3) is 4.70. The molecule has 1 unspecified atom stereocenters. The molecule has 29 heavy (non-hydrogen) atoms. The minimum absolute atomic E-state index is 0.0838. The summed E-state index contributed by atoms with van der Waals surface area (Å²) >= 11 is 0. The molecule has 0 spiro atoms. The normalized spacial score (nSPS) is 18.2. The molecule has 2 aliphatic heterocycles. The van der Waals surface area contributed by atoms with Gasteiger partial charge in [0, 0.05) is 39.2 Å². The highest BCUT2D eigenvalue weighted by atomic mass is 16.5. The summed E-state index contributed by atoms with van der Waals surface area (Å²) in [6, 6.07) is 7.84. The van der Waals surface area contributed by atoms with Crippen LogP contribution in [-0.2, 0) is 16.1 Å². The number of fused-ring (bicyclic) bond motifs is 3. The van der Waals surface area contributed by atoms with Gasteiger partial charge in [-0.25, -0.2) is 9.78 Å². The van der Waals surface area contributed by atoms with Crippen LogP contribution in [0.15, 0.2) is 24.3 Å². The summed E-state index contributed by atoms with van der Waals surface area (Å²) in [5.41, 5.74) is 1.98. The van der Waals surface area contributed by atoms with Crippen LogP contribution in [0, 0.1) is 0 Å². The van der Waals surface area contributed by atoms with Crippen molar-refractivity contribution in [2.75, 3.05) is 31.1 Å². The second-order valence-corrected chi connectivity index (χ2v) is 7.69. The van der Waals surface area contributed by atoms with Gasteiger partial charge in [-0.15, -0.1) is 0 Å². The molecule has 4 rings (SSSR count). The third-order valence-corrected chi connectivity index (χ3v) is 5.58. The fourth-order valence-electron chi connectivity index (χ4n) is 3.98. The zero-order valence-electron chi connectivity index (χ0n) is 16.7. The maximum atomic E-state index is 12.5. The van der Waals surface area contributed by atoms with Gasteiger partial charge in [-0.1, -0.05) is 18.6 Å². The first-order valence-corrected chi connectivity index (χ1v) is 10.6. The Balaban J connectivity index is 1.12. The van der Waals surface area contributed by atoms with Crippen LogP contribution < -0.4 is 15.5 Å². The van der Waals surface area contributed by atoms with Crippen molar-refractivity contribution >= 4 is 28.9 Å². The molecule has 8 heteroatoms. The Bertz CT molecular complexity index is 859. The number of amides is 3. The van der Waals surface area contributed by atoms with Crippen molar-refractivity contribution in [3.63, 3.8) is 0 Å². The summed E-state index contributed by atoms with van der Waals surface area (Å²) in [7, 11) is 0. The van der Waals surface area contributed by atoms with Crippen molar-refractivity contribution in [1.29, 1.82) is 0 Å². The standard InChI is InChI=1S/C21H29N5O3/c27-19(23-15-16-7-6-14-29-16)10-2-1-5-11-22-21(28)26-13-12-25-18-9-4-3-8-17(18)24-20(25)26/h3-4,8-9,16H,1-2,5-7,10-15H2,(H,22,28)(H,23,27). The number of ether oxygens (including phenoxy) is 1. The number of nitrogens with zero attached hydrogens (tertiary/aromatic N) is 3. The number of aromatic nitrogens is 2. The van der Waals surface area contributed by atoms with Crippen LogP contribution in [0.25, 0.3) is 11.0 Å². The first-order chi connectivity index (χ1) is 14.2. The predicted octanol–water partition coefficient (Wildman–Crippen LogP) is 2.42.